The van der Waals surface area contributed by atoms with Gasteiger partial charge in [-0.1, -0.05) is 11.6 Å². The number of halogens is 2. The van der Waals surface area contributed by atoms with Gasteiger partial charge in [-0.05, 0) is 47.9 Å². The second kappa shape index (κ2) is 5.30. The molecule has 0 bridgehead atoms. The van der Waals surface area contributed by atoms with E-state index in [9.17, 15) is 9.90 Å². The number of hydrogen-bond donors (Lipinski definition) is 1. The molecule has 2 atom stereocenters. The third kappa shape index (κ3) is 2.24. The summed E-state index contributed by atoms with van der Waals surface area (Å²) in [6.07, 6.45) is 1.47. The van der Waals surface area contributed by atoms with Crippen LogP contribution < -0.4 is 0 Å². The van der Waals surface area contributed by atoms with Gasteiger partial charge in [-0.2, -0.15) is 0 Å². The second-order valence-electron chi connectivity index (χ2n) is 5.37. The van der Waals surface area contributed by atoms with Crippen LogP contribution >= 0.6 is 45.5 Å². The van der Waals surface area contributed by atoms with Gasteiger partial charge in [0.2, 0.25) is 0 Å². The van der Waals surface area contributed by atoms with E-state index in [1.54, 1.807) is 11.3 Å². The number of carboxylic acid groups (broad SMARTS) is 1. The number of carbonyl (C=O) groups is 1. The van der Waals surface area contributed by atoms with Crippen molar-refractivity contribution in [3.63, 3.8) is 0 Å². The minimum absolute atomic E-state index is 0.0364. The van der Waals surface area contributed by atoms with Crippen LogP contribution in [0.25, 0.3) is 0 Å². The molecule has 20 heavy (non-hydrogen) atoms. The summed E-state index contributed by atoms with van der Waals surface area (Å²) < 4.78 is 8.10. The molecule has 0 unspecified atom stereocenters. The largest absolute Gasteiger partial charge is 0.465 e. The van der Waals surface area contributed by atoms with Crippen molar-refractivity contribution < 1.29 is 14.6 Å². The number of piperidine rings is 1. The summed E-state index contributed by atoms with van der Waals surface area (Å²) in [4.78, 5) is 13.9. The van der Waals surface area contributed by atoms with Gasteiger partial charge in [-0.15, -0.1) is 11.3 Å². The molecule has 1 N–H and O–H groups in total. The van der Waals surface area contributed by atoms with Crippen molar-refractivity contribution in [3.8, 4) is 0 Å². The number of amides is 1. The molecule has 2 aliphatic heterocycles. The van der Waals surface area contributed by atoms with E-state index in [0.717, 1.165) is 14.3 Å². The number of rotatable bonds is 0. The molecule has 1 spiro atoms. The van der Waals surface area contributed by atoms with Crippen LogP contribution in [-0.2, 0) is 16.8 Å². The fraction of sp³-hybridized carbons (Fsp3) is 0.615. The molecule has 3 rings (SSSR count). The Kier molecular flexibility index (Phi) is 3.94. The van der Waals surface area contributed by atoms with Crippen molar-refractivity contribution in [2.45, 2.75) is 37.8 Å². The lowest BCUT2D eigenvalue weighted by molar-refractivity contribution is -0.104. The highest BCUT2D eigenvalue weighted by atomic mass is 127. The normalized spacial score (nSPS) is 29.6. The van der Waals surface area contributed by atoms with Crippen molar-refractivity contribution in [2.75, 3.05) is 13.2 Å². The summed E-state index contributed by atoms with van der Waals surface area (Å²) in [6, 6.07) is -0.0364. The van der Waals surface area contributed by atoms with Crippen LogP contribution in [0.15, 0.2) is 0 Å². The maximum Gasteiger partial charge on any atom is 0.407 e. The van der Waals surface area contributed by atoms with E-state index in [1.165, 1.54) is 15.3 Å². The number of fused-ring (bicyclic) bond motifs is 2. The summed E-state index contributed by atoms with van der Waals surface area (Å²) in [6.45, 7) is 3.16. The van der Waals surface area contributed by atoms with Crippen molar-refractivity contribution in [1.29, 1.82) is 0 Å². The minimum Gasteiger partial charge on any atom is -0.465 e. The molecule has 1 amide bonds. The maximum atomic E-state index is 11.2. The van der Waals surface area contributed by atoms with Crippen LogP contribution in [0.4, 0.5) is 4.79 Å². The van der Waals surface area contributed by atoms with E-state index in [2.05, 4.69) is 22.6 Å². The first-order valence-corrected chi connectivity index (χ1v) is 8.82. The van der Waals surface area contributed by atoms with Gasteiger partial charge in [0.25, 0.3) is 0 Å². The topological polar surface area (TPSA) is 49.8 Å². The standard InChI is InChI=1S/C13H15ClINO3S/c1-7-6-13(3-4-16(7)12(17)18)10-8(2-5-19-13)9(15)11(14)20-10/h7H,2-6H2,1H3,(H,17,18)/t7-,13+/m0/s1. The van der Waals surface area contributed by atoms with Gasteiger partial charge in [0.1, 0.15) is 9.94 Å². The lowest BCUT2D eigenvalue weighted by Crippen LogP contribution is -2.51. The van der Waals surface area contributed by atoms with E-state index in [1.807, 2.05) is 6.92 Å². The SMILES string of the molecule is C[C@H]1C[C@@]2(CCN1C(=O)O)OCCc1c2sc(Cl)c1I. The van der Waals surface area contributed by atoms with Crippen LogP contribution in [0.2, 0.25) is 4.34 Å². The zero-order valence-electron chi connectivity index (χ0n) is 11.0. The van der Waals surface area contributed by atoms with Crippen molar-refractivity contribution >= 4 is 51.6 Å². The Morgan fingerprint density at radius 1 is 1.65 bits per heavy atom. The molecule has 1 saturated heterocycles. The van der Waals surface area contributed by atoms with E-state index in [-0.39, 0.29) is 11.6 Å². The van der Waals surface area contributed by atoms with Crippen LogP contribution in [0, 0.1) is 3.57 Å². The predicted octanol–water partition coefficient (Wildman–Crippen LogP) is 3.94. The van der Waals surface area contributed by atoms with Gasteiger partial charge in [0.05, 0.1) is 6.61 Å². The highest BCUT2D eigenvalue weighted by Crippen LogP contribution is 2.49. The third-order valence-electron chi connectivity index (χ3n) is 4.21. The van der Waals surface area contributed by atoms with Gasteiger partial charge in [0.15, 0.2) is 0 Å². The highest BCUT2D eigenvalue weighted by Gasteiger charge is 2.46. The quantitative estimate of drug-likeness (QED) is 0.638. The minimum atomic E-state index is -0.845. The van der Waals surface area contributed by atoms with Gasteiger partial charge in [-0.25, -0.2) is 4.79 Å². The van der Waals surface area contributed by atoms with Crippen molar-refractivity contribution in [2.24, 2.45) is 0 Å². The molecular weight excluding hydrogens is 413 g/mol. The van der Waals surface area contributed by atoms with E-state index in [0.29, 0.717) is 26.0 Å². The summed E-state index contributed by atoms with van der Waals surface area (Å²) in [5.74, 6) is 0. The van der Waals surface area contributed by atoms with Crippen LogP contribution in [0.5, 0.6) is 0 Å². The van der Waals surface area contributed by atoms with E-state index in [4.69, 9.17) is 16.3 Å². The Bertz CT molecular complexity index is 564. The predicted molar refractivity (Wildman–Crippen MR) is 86.8 cm³/mol. The molecule has 4 nitrogen and oxygen atoms in total. The van der Waals surface area contributed by atoms with Crippen LogP contribution in [0.1, 0.15) is 30.2 Å². The molecule has 1 fully saturated rings. The van der Waals surface area contributed by atoms with Gasteiger partial charge >= 0.3 is 6.09 Å². The lowest BCUT2D eigenvalue weighted by atomic mass is 9.82. The molecule has 110 valence electrons. The van der Waals surface area contributed by atoms with Gasteiger partial charge in [0, 0.05) is 27.5 Å². The Hall–Kier alpha value is -0.0500. The lowest BCUT2D eigenvalue weighted by Gasteiger charge is -2.46. The van der Waals surface area contributed by atoms with Crippen molar-refractivity contribution in [3.05, 3.63) is 18.3 Å². The number of likely N-dealkylation sites (tertiary alicyclic amines) is 1. The third-order valence-corrected chi connectivity index (χ3v) is 7.71. The molecule has 0 aromatic carbocycles. The summed E-state index contributed by atoms with van der Waals surface area (Å²) in [5.41, 5.74) is 0.972. The van der Waals surface area contributed by atoms with Crippen LogP contribution in [0.3, 0.4) is 0 Å². The smallest absolute Gasteiger partial charge is 0.407 e. The fourth-order valence-electron chi connectivity index (χ4n) is 3.25. The molecule has 0 radical (unpaired) electrons. The number of nitrogens with zero attached hydrogens (tertiary/aromatic N) is 1. The zero-order valence-corrected chi connectivity index (χ0v) is 14.7. The average molecular weight is 428 g/mol. The number of thiophene rings is 1. The summed E-state index contributed by atoms with van der Waals surface area (Å²) in [7, 11) is 0. The highest BCUT2D eigenvalue weighted by molar-refractivity contribution is 14.1. The molecule has 7 heteroatoms. The molecule has 0 aliphatic carbocycles. The first-order valence-electron chi connectivity index (χ1n) is 6.55. The Morgan fingerprint density at radius 2 is 2.40 bits per heavy atom. The first kappa shape index (κ1) is 14.9. The zero-order chi connectivity index (χ0) is 14.5. The Morgan fingerprint density at radius 3 is 3.05 bits per heavy atom. The van der Waals surface area contributed by atoms with Gasteiger partial charge < -0.3 is 14.7 Å². The van der Waals surface area contributed by atoms with E-state index < -0.39 is 6.09 Å². The molecular formula is C13H15ClINO3S. The van der Waals surface area contributed by atoms with E-state index >= 15 is 0 Å². The maximum absolute atomic E-state index is 11.2. The van der Waals surface area contributed by atoms with Crippen molar-refractivity contribution in [1.82, 2.24) is 4.90 Å². The summed E-state index contributed by atoms with van der Waals surface area (Å²) in [5, 5.41) is 9.20. The Labute approximate surface area is 140 Å². The molecule has 1 aromatic heterocycles. The molecule has 2 aliphatic rings. The van der Waals surface area contributed by atoms with Crippen LogP contribution in [-0.4, -0.2) is 35.3 Å². The monoisotopic (exact) mass is 427 g/mol. The molecule has 3 heterocycles. The second-order valence-corrected chi connectivity index (χ2v) is 8.07. The molecule has 1 aromatic rings. The average Bonchev–Trinajstić information content (AvgIpc) is 2.68. The number of hydrogen-bond acceptors (Lipinski definition) is 3. The number of ether oxygens (including phenoxy) is 1. The fourth-order valence-corrected chi connectivity index (χ4v) is 5.80. The summed E-state index contributed by atoms with van der Waals surface area (Å²) >= 11 is 10.2. The molecule has 0 saturated carbocycles. The van der Waals surface area contributed by atoms with Gasteiger partial charge in [-0.3, -0.25) is 0 Å². The Balaban J connectivity index is 1.96. The first-order chi connectivity index (χ1) is 9.44.